The number of amides is 1. The molecule has 1 heterocycles. The van der Waals surface area contributed by atoms with Crippen molar-refractivity contribution in [1.29, 1.82) is 0 Å². The molecule has 5 nitrogen and oxygen atoms in total. The molecule has 1 atom stereocenters. The maximum Gasteiger partial charge on any atom is 0.234 e. The molecule has 2 aromatic carbocycles. The lowest BCUT2D eigenvalue weighted by Gasteiger charge is -2.27. The van der Waals surface area contributed by atoms with Crippen LogP contribution in [0.5, 0.6) is 5.75 Å². The number of rotatable bonds is 7. The highest BCUT2D eigenvalue weighted by molar-refractivity contribution is 5.78. The number of nitrogens with one attached hydrogen (secondary N) is 1. The molecule has 1 amide bonds. The van der Waals surface area contributed by atoms with Crippen LogP contribution in [0.1, 0.15) is 17.2 Å². The summed E-state index contributed by atoms with van der Waals surface area (Å²) in [6.07, 6.45) is 0.752. The molecule has 1 aliphatic rings. The van der Waals surface area contributed by atoms with Gasteiger partial charge in [-0.2, -0.15) is 0 Å². The quantitative estimate of drug-likeness (QED) is 0.830. The number of nitrogens with zero attached hydrogens (tertiary/aromatic N) is 1. The second-order valence-electron chi connectivity index (χ2n) is 6.47. The van der Waals surface area contributed by atoms with E-state index >= 15 is 0 Å². The fourth-order valence-electron chi connectivity index (χ4n) is 3.14. The van der Waals surface area contributed by atoms with Crippen LogP contribution in [0.15, 0.2) is 54.6 Å². The van der Waals surface area contributed by atoms with Crippen molar-refractivity contribution in [2.75, 3.05) is 40.0 Å². The molecule has 0 saturated carbocycles. The summed E-state index contributed by atoms with van der Waals surface area (Å²) in [7, 11) is 1.65. The molecule has 0 radical (unpaired) electrons. The largest absolute Gasteiger partial charge is 0.497 e. The zero-order chi connectivity index (χ0) is 18.2. The third-order valence-corrected chi connectivity index (χ3v) is 4.61. The van der Waals surface area contributed by atoms with E-state index in [1.165, 1.54) is 5.56 Å². The predicted molar refractivity (Wildman–Crippen MR) is 101 cm³/mol. The van der Waals surface area contributed by atoms with E-state index in [1.807, 2.05) is 42.5 Å². The van der Waals surface area contributed by atoms with Crippen molar-refractivity contribution in [3.05, 3.63) is 65.7 Å². The number of ether oxygens (including phenoxy) is 2. The number of benzene rings is 2. The lowest BCUT2D eigenvalue weighted by atomic mass is 9.98. The van der Waals surface area contributed by atoms with Crippen LogP contribution in [0.2, 0.25) is 0 Å². The number of carbonyl (C=O) groups is 1. The first kappa shape index (κ1) is 18.4. The fourth-order valence-corrected chi connectivity index (χ4v) is 3.14. The Kier molecular flexibility index (Phi) is 6.63. The molecule has 1 saturated heterocycles. The van der Waals surface area contributed by atoms with E-state index in [9.17, 15) is 4.79 Å². The SMILES string of the molecule is COc1ccc(C(Cc2ccccc2)NC(=O)CN2CCOCC2)cc1. The summed E-state index contributed by atoms with van der Waals surface area (Å²) >= 11 is 0. The van der Waals surface area contributed by atoms with E-state index in [1.54, 1.807) is 7.11 Å². The van der Waals surface area contributed by atoms with Crippen LogP contribution in [-0.4, -0.2) is 50.8 Å². The molecule has 26 heavy (non-hydrogen) atoms. The Morgan fingerprint density at radius 2 is 1.81 bits per heavy atom. The Morgan fingerprint density at radius 3 is 2.46 bits per heavy atom. The number of morpholine rings is 1. The molecule has 1 N–H and O–H groups in total. The molecule has 138 valence electrons. The summed E-state index contributed by atoms with van der Waals surface area (Å²) in [5, 5.41) is 3.20. The zero-order valence-corrected chi connectivity index (χ0v) is 15.2. The molecule has 0 aliphatic carbocycles. The molecule has 5 heteroatoms. The molecule has 1 aliphatic heterocycles. The van der Waals surface area contributed by atoms with Crippen molar-refractivity contribution < 1.29 is 14.3 Å². The number of methoxy groups -OCH3 is 1. The second kappa shape index (κ2) is 9.36. The van der Waals surface area contributed by atoms with E-state index in [0.29, 0.717) is 19.8 Å². The van der Waals surface area contributed by atoms with E-state index in [4.69, 9.17) is 9.47 Å². The van der Waals surface area contributed by atoms with Crippen LogP contribution in [0.25, 0.3) is 0 Å². The molecule has 0 aromatic heterocycles. The van der Waals surface area contributed by atoms with Crippen molar-refractivity contribution in [3.8, 4) is 5.75 Å². The van der Waals surface area contributed by atoms with Gasteiger partial charge < -0.3 is 14.8 Å². The number of carbonyl (C=O) groups excluding carboxylic acids is 1. The standard InChI is InChI=1S/C21H26N2O3/c1-25-19-9-7-18(8-10-19)20(15-17-5-3-2-4-6-17)22-21(24)16-23-11-13-26-14-12-23/h2-10,20H,11-16H2,1H3,(H,22,24). The molecule has 1 fully saturated rings. The van der Waals surface area contributed by atoms with Gasteiger partial charge in [0.05, 0.1) is 32.9 Å². The maximum absolute atomic E-state index is 12.6. The Labute approximate surface area is 154 Å². The van der Waals surface area contributed by atoms with Gasteiger partial charge in [-0.25, -0.2) is 0 Å². The number of hydrogen-bond acceptors (Lipinski definition) is 4. The minimum Gasteiger partial charge on any atom is -0.497 e. The highest BCUT2D eigenvalue weighted by atomic mass is 16.5. The Hall–Kier alpha value is -2.37. The van der Waals surface area contributed by atoms with E-state index in [2.05, 4.69) is 22.3 Å². The van der Waals surface area contributed by atoms with Gasteiger partial charge in [-0.1, -0.05) is 42.5 Å². The van der Waals surface area contributed by atoms with Gasteiger partial charge in [0.25, 0.3) is 0 Å². The highest BCUT2D eigenvalue weighted by Gasteiger charge is 2.19. The van der Waals surface area contributed by atoms with Crippen molar-refractivity contribution in [2.24, 2.45) is 0 Å². The maximum atomic E-state index is 12.6. The summed E-state index contributed by atoms with van der Waals surface area (Å²) in [6.45, 7) is 3.40. The van der Waals surface area contributed by atoms with E-state index in [0.717, 1.165) is 30.8 Å². The van der Waals surface area contributed by atoms with Gasteiger partial charge in [0.1, 0.15) is 5.75 Å². The van der Waals surface area contributed by atoms with Gasteiger partial charge in [-0.05, 0) is 29.7 Å². The minimum atomic E-state index is -0.0724. The van der Waals surface area contributed by atoms with Crippen LogP contribution < -0.4 is 10.1 Å². The first-order chi connectivity index (χ1) is 12.7. The highest BCUT2D eigenvalue weighted by Crippen LogP contribution is 2.21. The topological polar surface area (TPSA) is 50.8 Å². The summed E-state index contributed by atoms with van der Waals surface area (Å²) in [5.74, 6) is 0.857. The van der Waals surface area contributed by atoms with Gasteiger partial charge in [0, 0.05) is 13.1 Å². The average molecular weight is 354 g/mol. The van der Waals surface area contributed by atoms with Gasteiger partial charge >= 0.3 is 0 Å². The zero-order valence-electron chi connectivity index (χ0n) is 15.2. The first-order valence-electron chi connectivity index (χ1n) is 9.02. The Balaban J connectivity index is 1.69. The molecular formula is C21H26N2O3. The van der Waals surface area contributed by atoms with E-state index < -0.39 is 0 Å². The van der Waals surface area contributed by atoms with Crippen molar-refractivity contribution in [1.82, 2.24) is 10.2 Å². The smallest absolute Gasteiger partial charge is 0.234 e. The summed E-state index contributed by atoms with van der Waals surface area (Å²) in [5.41, 5.74) is 2.27. The van der Waals surface area contributed by atoms with Gasteiger partial charge in [-0.15, -0.1) is 0 Å². The second-order valence-corrected chi connectivity index (χ2v) is 6.47. The lowest BCUT2D eigenvalue weighted by molar-refractivity contribution is -0.124. The van der Waals surface area contributed by atoms with Crippen LogP contribution >= 0.6 is 0 Å². The van der Waals surface area contributed by atoms with E-state index in [-0.39, 0.29) is 11.9 Å². The summed E-state index contributed by atoms with van der Waals surface area (Å²) in [4.78, 5) is 14.7. The first-order valence-corrected chi connectivity index (χ1v) is 9.02. The summed E-state index contributed by atoms with van der Waals surface area (Å²) in [6, 6.07) is 18.0. The monoisotopic (exact) mass is 354 g/mol. The Morgan fingerprint density at radius 1 is 1.12 bits per heavy atom. The third-order valence-electron chi connectivity index (χ3n) is 4.61. The van der Waals surface area contributed by atoms with Gasteiger partial charge in [0.2, 0.25) is 5.91 Å². The third kappa shape index (κ3) is 5.31. The number of hydrogen-bond donors (Lipinski definition) is 1. The molecule has 2 aromatic rings. The van der Waals surface area contributed by atoms with Gasteiger partial charge in [0.15, 0.2) is 0 Å². The van der Waals surface area contributed by atoms with Crippen molar-refractivity contribution in [2.45, 2.75) is 12.5 Å². The fraction of sp³-hybridized carbons (Fsp3) is 0.381. The molecule has 1 unspecified atom stereocenters. The predicted octanol–water partition coefficient (Wildman–Crippen LogP) is 2.43. The summed E-state index contributed by atoms with van der Waals surface area (Å²) < 4.78 is 10.6. The van der Waals surface area contributed by atoms with Crippen LogP contribution in [-0.2, 0) is 16.0 Å². The molecule has 3 rings (SSSR count). The average Bonchev–Trinajstić information content (AvgIpc) is 2.69. The normalized spacial score (nSPS) is 16.0. The molecule has 0 spiro atoms. The minimum absolute atomic E-state index is 0.0450. The Bertz CT molecular complexity index is 682. The molecular weight excluding hydrogens is 328 g/mol. The van der Waals surface area contributed by atoms with Crippen molar-refractivity contribution >= 4 is 5.91 Å². The van der Waals surface area contributed by atoms with Crippen LogP contribution in [0, 0.1) is 0 Å². The van der Waals surface area contributed by atoms with Gasteiger partial charge in [-0.3, -0.25) is 9.69 Å². The molecule has 0 bridgehead atoms. The van der Waals surface area contributed by atoms with Crippen LogP contribution in [0.4, 0.5) is 0 Å². The van der Waals surface area contributed by atoms with Crippen LogP contribution in [0.3, 0.4) is 0 Å². The lowest BCUT2D eigenvalue weighted by Crippen LogP contribution is -2.44. The van der Waals surface area contributed by atoms with Crippen molar-refractivity contribution in [3.63, 3.8) is 0 Å².